The van der Waals surface area contributed by atoms with Crippen molar-refractivity contribution in [3.63, 3.8) is 0 Å². The Hall–Kier alpha value is -2.35. The number of carbonyl (C=O) groups excluding carboxylic acids is 1. The van der Waals surface area contributed by atoms with Crippen LogP contribution >= 0.6 is 0 Å². The predicted octanol–water partition coefficient (Wildman–Crippen LogP) is 2.96. The van der Waals surface area contributed by atoms with Crippen molar-refractivity contribution in [2.24, 2.45) is 11.7 Å². The summed E-state index contributed by atoms with van der Waals surface area (Å²) in [5.41, 5.74) is 5.76. The molecule has 0 bridgehead atoms. The minimum atomic E-state index is -4.42. The first-order chi connectivity index (χ1) is 11.3. The van der Waals surface area contributed by atoms with Gasteiger partial charge in [-0.2, -0.15) is 18.3 Å². The number of rotatable bonds is 3. The topological polar surface area (TPSA) is 72.9 Å². The Morgan fingerprint density at radius 2 is 2.12 bits per heavy atom. The van der Waals surface area contributed by atoms with E-state index in [4.69, 9.17) is 5.73 Å². The number of nitrogens with one attached hydrogen (secondary N) is 1. The number of amides is 1. The highest BCUT2D eigenvalue weighted by Gasteiger charge is 2.31. The van der Waals surface area contributed by atoms with Crippen molar-refractivity contribution in [1.82, 2.24) is 9.78 Å². The third kappa shape index (κ3) is 3.59. The van der Waals surface area contributed by atoms with Crippen molar-refractivity contribution >= 4 is 11.6 Å². The molecular weight excluding hydrogens is 321 g/mol. The molecule has 1 saturated carbocycles. The van der Waals surface area contributed by atoms with Crippen molar-refractivity contribution < 1.29 is 18.0 Å². The summed E-state index contributed by atoms with van der Waals surface area (Å²) in [4.78, 5) is 12.1. The van der Waals surface area contributed by atoms with Crippen LogP contribution < -0.4 is 11.1 Å². The van der Waals surface area contributed by atoms with Crippen molar-refractivity contribution in [1.29, 1.82) is 0 Å². The molecule has 128 valence electrons. The van der Waals surface area contributed by atoms with Gasteiger partial charge in [-0.25, -0.2) is 4.68 Å². The first kappa shape index (κ1) is 16.5. The first-order valence-electron chi connectivity index (χ1n) is 7.61. The van der Waals surface area contributed by atoms with Crippen molar-refractivity contribution in [2.75, 3.05) is 5.32 Å². The van der Waals surface area contributed by atoms with E-state index in [9.17, 15) is 18.0 Å². The maximum absolute atomic E-state index is 12.8. The standard InChI is InChI=1S/C16H17F3N4O/c17-16(18,19)11-2-1-3-14(7-11)23-9-13(8-21-23)22-15(24)10-4-5-12(20)6-10/h1-3,7-10,12H,4-6,20H2,(H,22,24). The Labute approximate surface area is 136 Å². The lowest BCUT2D eigenvalue weighted by molar-refractivity contribution is -0.137. The first-order valence-corrected chi connectivity index (χ1v) is 7.61. The van der Waals surface area contributed by atoms with E-state index < -0.39 is 11.7 Å². The lowest BCUT2D eigenvalue weighted by Gasteiger charge is -2.09. The molecule has 1 aliphatic carbocycles. The molecule has 5 nitrogen and oxygen atoms in total. The van der Waals surface area contributed by atoms with Gasteiger partial charge in [0.05, 0.1) is 29.3 Å². The number of nitrogens with zero attached hydrogens (tertiary/aromatic N) is 2. The van der Waals surface area contributed by atoms with Gasteiger partial charge in [0.25, 0.3) is 0 Å². The van der Waals surface area contributed by atoms with Crippen LogP contribution in [0.15, 0.2) is 36.7 Å². The Morgan fingerprint density at radius 1 is 1.33 bits per heavy atom. The highest BCUT2D eigenvalue weighted by Crippen LogP contribution is 2.30. The Bertz CT molecular complexity index is 741. The average molecular weight is 338 g/mol. The molecule has 1 aromatic carbocycles. The lowest BCUT2D eigenvalue weighted by Crippen LogP contribution is -2.23. The number of alkyl halides is 3. The number of hydrogen-bond donors (Lipinski definition) is 2. The quantitative estimate of drug-likeness (QED) is 0.904. The van der Waals surface area contributed by atoms with E-state index >= 15 is 0 Å². The molecule has 1 heterocycles. The monoisotopic (exact) mass is 338 g/mol. The summed E-state index contributed by atoms with van der Waals surface area (Å²) in [5.74, 6) is -0.261. The zero-order chi connectivity index (χ0) is 17.3. The van der Waals surface area contributed by atoms with Crippen LogP contribution in [0.2, 0.25) is 0 Å². The number of aromatic nitrogens is 2. The van der Waals surface area contributed by atoms with Gasteiger partial charge in [0, 0.05) is 12.0 Å². The Morgan fingerprint density at radius 3 is 2.79 bits per heavy atom. The van der Waals surface area contributed by atoms with Crippen LogP contribution in [0.5, 0.6) is 0 Å². The maximum atomic E-state index is 12.8. The van der Waals surface area contributed by atoms with E-state index in [1.165, 1.54) is 29.2 Å². The molecule has 0 saturated heterocycles. The van der Waals surface area contributed by atoms with Gasteiger partial charge >= 0.3 is 6.18 Å². The largest absolute Gasteiger partial charge is 0.416 e. The highest BCUT2D eigenvalue weighted by molar-refractivity contribution is 5.92. The van der Waals surface area contributed by atoms with Crippen LogP contribution in [0.3, 0.4) is 0 Å². The number of anilines is 1. The molecule has 1 amide bonds. The number of nitrogens with two attached hydrogens (primary N) is 1. The molecule has 1 fully saturated rings. The fraction of sp³-hybridized carbons (Fsp3) is 0.375. The number of carbonyl (C=O) groups is 1. The number of halogens is 3. The van der Waals surface area contributed by atoms with Gasteiger partial charge in [0.15, 0.2) is 0 Å². The van der Waals surface area contributed by atoms with Crippen LogP contribution in [-0.2, 0) is 11.0 Å². The second-order valence-corrected chi connectivity index (χ2v) is 5.98. The van der Waals surface area contributed by atoms with E-state index in [0.717, 1.165) is 25.0 Å². The van der Waals surface area contributed by atoms with Gasteiger partial charge in [-0.05, 0) is 37.5 Å². The molecule has 24 heavy (non-hydrogen) atoms. The third-order valence-electron chi connectivity index (χ3n) is 4.13. The zero-order valence-electron chi connectivity index (χ0n) is 12.8. The van der Waals surface area contributed by atoms with Gasteiger partial charge in [0.1, 0.15) is 0 Å². The molecule has 0 radical (unpaired) electrons. The number of benzene rings is 1. The van der Waals surface area contributed by atoms with E-state index in [-0.39, 0.29) is 23.6 Å². The Balaban J connectivity index is 1.73. The second kappa shape index (κ2) is 6.27. The summed E-state index contributed by atoms with van der Waals surface area (Å²) in [6.07, 6.45) is 0.695. The highest BCUT2D eigenvalue weighted by atomic mass is 19.4. The van der Waals surface area contributed by atoms with Crippen LogP contribution in [0.4, 0.5) is 18.9 Å². The van der Waals surface area contributed by atoms with Gasteiger partial charge in [-0.3, -0.25) is 4.79 Å². The van der Waals surface area contributed by atoms with Gasteiger partial charge in [-0.15, -0.1) is 0 Å². The molecule has 3 rings (SSSR count). The van der Waals surface area contributed by atoms with Gasteiger partial charge in [-0.1, -0.05) is 6.07 Å². The summed E-state index contributed by atoms with van der Waals surface area (Å²) in [6.45, 7) is 0. The van der Waals surface area contributed by atoms with E-state index in [2.05, 4.69) is 10.4 Å². The minimum absolute atomic E-state index is 0.0496. The van der Waals surface area contributed by atoms with E-state index in [0.29, 0.717) is 12.1 Å². The predicted molar refractivity (Wildman–Crippen MR) is 82.5 cm³/mol. The average Bonchev–Trinajstić information content (AvgIpc) is 3.16. The summed E-state index contributed by atoms with van der Waals surface area (Å²) in [5, 5.41) is 6.75. The summed E-state index contributed by atoms with van der Waals surface area (Å²) < 4.78 is 39.6. The molecule has 0 spiro atoms. The molecule has 2 atom stereocenters. The lowest BCUT2D eigenvalue weighted by atomic mass is 10.1. The SMILES string of the molecule is NC1CCC(C(=O)Nc2cnn(-c3cccc(C(F)(F)F)c3)c2)C1. The normalized spacial score (nSPS) is 21.0. The molecule has 1 aromatic heterocycles. The third-order valence-corrected chi connectivity index (χ3v) is 4.13. The fourth-order valence-corrected chi connectivity index (χ4v) is 2.85. The zero-order valence-corrected chi connectivity index (χ0v) is 12.8. The van der Waals surface area contributed by atoms with Crippen molar-refractivity contribution in [3.05, 3.63) is 42.2 Å². The molecule has 1 aliphatic rings. The van der Waals surface area contributed by atoms with Crippen molar-refractivity contribution in [3.8, 4) is 5.69 Å². The molecular formula is C16H17F3N4O. The molecule has 2 unspecified atom stereocenters. The van der Waals surface area contributed by atoms with Crippen LogP contribution in [0, 0.1) is 5.92 Å². The summed E-state index contributed by atoms with van der Waals surface area (Å²) in [7, 11) is 0. The smallest absolute Gasteiger partial charge is 0.328 e. The summed E-state index contributed by atoms with van der Waals surface area (Å²) in [6, 6.07) is 4.89. The van der Waals surface area contributed by atoms with Gasteiger partial charge in [0.2, 0.25) is 5.91 Å². The second-order valence-electron chi connectivity index (χ2n) is 5.98. The van der Waals surface area contributed by atoms with Gasteiger partial charge < -0.3 is 11.1 Å². The molecule has 2 aromatic rings. The molecule has 8 heteroatoms. The van der Waals surface area contributed by atoms with E-state index in [1.54, 1.807) is 0 Å². The number of hydrogen-bond acceptors (Lipinski definition) is 3. The van der Waals surface area contributed by atoms with Crippen LogP contribution in [0.1, 0.15) is 24.8 Å². The maximum Gasteiger partial charge on any atom is 0.416 e. The van der Waals surface area contributed by atoms with Crippen molar-refractivity contribution in [2.45, 2.75) is 31.5 Å². The fourth-order valence-electron chi connectivity index (χ4n) is 2.85. The van der Waals surface area contributed by atoms with Crippen LogP contribution in [-0.4, -0.2) is 21.7 Å². The Kier molecular flexibility index (Phi) is 4.31. The summed E-state index contributed by atoms with van der Waals surface area (Å²) >= 11 is 0. The minimum Gasteiger partial charge on any atom is -0.328 e. The van der Waals surface area contributed by atoms with E-state index in [1.807, 2.05) is 0 Å². The van der Waals surface area contributed by atoms with Crippen LogP contribution in [0.25, 0.3) is 5.69 Å². The molecule has 0 aliphatic heterocycles. The molecule has 3 N–H and O–H groups in total.